The fourth-order valence-electron chi connectivity index (χ4n) is 2.69. The van der Waals surface area contributed by atoms with Crippen molar-refractivity contribution in [1.29, 1.82) is 0 Å². The second-order valence-corrected chi connectivity index (χ2v) is 7.30. The fourth-order valence-corrected chi connectivity index (χ4v) is 3.70. The van der Waals surface area contributed by atoms with Crippen molar-refractivity contribution in [1.82, 2.24) is 9.88 Å². The Morgan fingerprint density at radius 3 is 2.50 bits per heavy atom. The maximum atomic E-state index is 13.2. The molecule has 3 rings (SSSR count). The number of hydrogen-bond donors (Lipinski definition) is 0. The van der Waals surface area contributed by atoms with E-state index < -0.39 is 0 Å². The Kier molecular flexibility index (Phi) is 7.62. The molecule has 3 aromatic rings. The number of methoxy groups -OCH3 is 2. The first-order valence-electron chi connectivity index (χ1n) is 8.57. The van der Waals surface area contributed by atoms with Crippen LogP contribution in [0.5, 0.6) is 11.5 Å². The number of nitrogens with zero attached hydrogens (tertiary/aromatic N) is 3. The lowest BCUT2D eigenvalue weighted by Gasteiger charge is -2.22. The van der Waals surface area contributed by atoms with E-state index in [0.29, 0.717) is 28.7 Å². The van der Waals surface area contributed by atoms with Gasteiger partial charge in [-0.3, -0.25) is 9.69 Å². The van der Waals surface area contributed by atoms with E-state index in [0.717, 1.165) is 16.8 Å². The van der Waals surface area contributed by atoms with Gasteiger partial charge < -0.3 is 14.4 Å². The number of carbonyl (C=O) groups is 1. The van der Waals surface area contributed by atoms with Gasteiger partial charge in [0.2, 0.25) is 0 Å². The first-order valence-corrected chi connectivity index (χ1v) is 9.39. The normalized spacial score (nSPS) is 10.6. The molecular formula is C20H24ClN3O3S. The minimum Gasteiger partial charge on any atom is -0.497 e. The molecule has 28 heavy (non-hydrogen) atoms. The molecule has 0 fully saturated rings. The largest absolute Gasteiger partial charge is 0.497 e. The topological polar surface area (TPSA) is 54.9 Å². The highest BCUT2D eigenvalue weighted by Crippen LogP contribution is 2.34. The van der Waals surface area contributed by atoms with E-state index in [1.807, 2.05) is 49.3 Å². The maximum Gasteiger partial charge on any atom is 0.260 e. The third-order valence-electron chi connectivity index (χ3n) is 4.15. The Hall–Kier alpha value is -2.35. The van der Waals surface area contributed by atoms with Gasteiger partial charge in [-0.1, -0.05) is 23.5 Å². The second-order valence-electron chi connectivity index (χ2n) is 6.30. The Bertz CT molecular complexity index is 945. The molecule has 0 radical (unpaired) electrons. The summed E-state index contributed by atoms with van der Waals surface area (Å²) in [7, 11) is 7.18. The predicted octanol–water partition coefficient (Wildman–Crippen LogP) is 3.94. The van der Waals surface area contributed by atoms with Crippen LogP contribution in [-0.2, 0) is 0 Å². The van der Waals surface area contributed by atoms with Gasteiger partial charge in [0.15, 0.2) is 5.13 Å². The molecule has 0 aliphatic heterocycles. The summed E-state index contributed by atoms with van der Waals surface area (Å²) < 4.78 is 11.7. The number of thiazole rings is 1. The fraction of sp³-hybridized carbons (Fsp3) is 0.300. The van der Waals surface area contributed by atoms with E-state index in [-0.39, 0.29) is 18.3 Å². The highest BCUT2D eigenvalue weighted by Gasteiger charge is 2.22. The average Bonchev–Trinajstić information content (AvgIpc) is 3.11. The molecule has 6 nitrogen and oxygen atoms in total. The molecule has 0 saturated carbocycles. The zero-order valence-electron chi connectivity index (χ0n) is 16.3. The number of anilines is 1. The lowest BCUT2D eigenvalue weighted by molar-refractivity contribution is 0.0985. The molecule has 150 valence electrons. The number of ether oxygens (including phenoxy) is 2. The number of para-hydroxylation sites is 1. The van der Waals surface area contributed by atoms with Crippen molar-refractivity contribution < 1.29 is 14.3 Å². The molecule has 0 atom stereocenters. The van der Waals surface area contributed by atoms with Gasteiger partial charge in [-0.25, -0.2) is 4.98 Å². The molecule has 0 unspecified atom stereocenters. The Morgan fingerprint density at radius 2 is 1.82 bits per heavy atom. The summed E-state index contributed by atoms with van der Waals surface area (Å²) in [5, 5.41) is 0.657. The highest BCUT2D eigenvalue weighted by atomic mass is 35.5. The van der Waals surface area contributed by atoms with Crippen LogP contribution < -0.4 is 14.4 Å². The molecule has 0 spiro atoms. The summed E-state index contributed by atoms with van der Waals surface area (Å²) in [5.41, 5.74) is 1.34. The number of fused-ring (bicyclic) bond motifs is 1. The summed E-state index contributed by atoms with van der Waals surface area (Å²) in [4.78, 5) is 21.7. The molecule has 8 heteroatoms. The van der Waals surface area contributed by atoms with Crippen LogP contribution >= 0.6 is 23.7 Å². The van der Waals surface area contributed by atoms with Crippen molar-refractivity contribution in [3.8, 4) is 11.5 Å². The maximum absolute atomic E-state index is 13.2. The van der Waals surface area contributed by atoms with Crippen molar-refractivity contribution in [2.45, 2.75) is 0 Å². The number of amides is 1. The standard InChI is InChI=1S/C20H23N3O3S.ClH/c1-22(2)11-12-23(19(24)14-7-5-8-15(13-14)25-3)20-21-18-16(26-4)9-6-10-17(18)27-20;/h5-10,13H,11-12H2,1-4H3;1H. The average molecular weight is 422 g/mol. The van der Waals surface area contributed by atoms with Crippen molar-refractivity contribution in [2.75, 3.05) is 46.3 Å². The van der Waals surface area contributed by atoms with Crippen molar-refractivity contribution in [2.24, 2.45) is 0 Å². The van der Waals surface area contributed by atoms with Crippen LogP contribution in [0.1, 0.15) is 10.4 Å². The van der Waals surface area contributed by atoms with Gasteiger partial charge >= 0.3 is 0 Å². The number of benzene rings is 2. The Balaban J connectivity index is 0.00000280. The monoisotopic (exact) mass is 421 g/mol. The van der Waals surface area contributed by atoms with E-state index in [1.54, 1.807) is 31.3 Å². The minimum absolute atomic E-state index is 0. The first kappa shape index (κ1) is 21.9. The molecule has 1 heterocycles. The van der Waals surface area contributed by atoms with Gasteiger partial charge in [-0.05, 0) is 44.4 Å². The third kappa shape index (κ3) is 4.73. The van der Waals surface area contributed by atoms with E-state index >= 15 is 0 Å². The van der Waals surface area contributed by atoms with Crippen LogP contribution in [0.15, 0.2) is 42.5 Å². The SMILES string of the molecule is COc1cccc(C(=O)N(CCN(C)C)c2nc3c(OC)cccc3s2)c1.Cl. The molecule has 1 aromatic heterocycles. The van der Waals surface area contributed by atoms with E-state index in [4.69, 9.17) is 14.5 Å². The lowest BCUT2D eigenvalue weighted by Crippen LogP contribution is -2.36. The van der Waals surface area contributed by atoms with E-state index in [2.05, 4.69) is 0 Å². The molecule has 0 N–H and O–H groups in total. The molecule has 1 amide bonds. The molecule has 0 aliphatic rings. The van der Waals surface area contributed by atoms with Crippen LogP contribution in [0.4, 0.5) is 5.13 Å². The van der Waals surface area contributed by atoms with Crippen LogP contribution in [0.25, 0.3) is 10.2 Å². The molecule has 0 aliphatic carbocycles. The van der Waals surface area contributed by atoms with Gasteiger partial charge in [0.25, 0.3) is 5.91 Å². The van der Waals surface area contributed by atoms with E-state index in [1.165, 1.54) is 11.3 Å². The molecule has 2 aromatic carbocycles. The van der Waals surface area contributed by atoms with Gasteiger partial charge in [-0.2, -0.15) is 0 Å². The van der Waals surface area contributed by atoms with Gasteiger partial charge in [-0.15, -0.1) is 12.4 Å². The smallest absolute Gasteiger partial charge is 0.260 e. The summed E-state index contributed by atoms with van der Waals surface area (Å²) in [6.07, 6.45) is 0. The number of carbonyl (C=O) groups excluding carboxylic acids is 1. The summed E-state index contributed by atoms with van der Waals surface area (Å²) in [6, 6.07) is 13.0. The van der Waals surface area contributed by atoms with Crippen LogP contribution in [-0.4, -0.2) is 57.2 Å². The van der Waals surface area contributed by atoms with Crippen molar-refractivity contribution in [3.63, 3.8) is 0 Å². The molecule has 0 saturated heterocycles. The summed E-state index contributed by atoms with van der Waals surface area (Å²) >= 11 is 1.48. The first-order chi connectivity index (χ1) is 13.0. The van der Waals surface area contributed by atoms with Crippen molar-refractivity contribution in [3.05, 3.63) is 48.0 Å². The number of halogens is 1. The zero-order chi connectivity index (χ0) is 19.4. The van der Waals surface area contributed by atoms with Gasteiger partial charge in [0.05, 0.1) is 18.9 Å². The van der Waals surface area contributed by atoms with Crippen molar-refractivity contribution >= 4 is 45.0 Å². The quantitative estimate of drug-likeness (QED) is 0.578. The Labute approximate surface area is 175 Å². The minimum atomic E-state index is -0.103. The third-order valence-corrected chi connectivity index (χ3v) is 5.20. The number of rotatable bonds is 7. The second kappa shape index (κ2) is 9.73. The number of likely N-dealkylation sites (N-methyl/N-ethyl adjacent to an activating group) is 1. The van der Waals surface area contributed by atoms with Crippen LogP contribution in [0, 0.1) is 0 Å². The lowest BCUT2D eigenvalue weighted by atomic mass is 10.2. The summed E-state index contributed by atoms with van der Waals surface area (Å²) in [6.45, 7) is 1.26. The Morgan fingerprint density at radius 1 is 1.07 bits per heavy atom. The van der Waals surface area contributed by atoms with Crippen LogP contribution in [0.3, 0.4) is 0 Å². The number of aromatic nitrogens is 1. The van der Waals surface area contributed by atoms with Gasteiger partial charge in [0.1, 0.15) is 17.0 Å². The molecular weight excluding hydrogens is 398 g/mol. The van der Waals surface area contributed by atoms with Gasteiger partial charge in [0, 0.05) is 18.7 Å². The molecule has 0 bridgehead atoms. The highest BCUT2D eigenvalue weighted by molar-refractivity contribution is 7.22. The van der Waals surface area contributed by atoms with E-state index in [9.17, 15) is 4.79 Å². The number of hydrogen-bond acceptors (Lipinski definition) is 6. The van der Waals surface area contributed by atoms with Crippen LogP contribution in [0.2, 0.25) is 0 Å². The summed E-state index contributed by atoms with van der Waals surface area (Å²) in [5.74, 6) is 1.25. The predicted molar refractivity (Wildman–Crippen MR) is 117 cm³/mol. The zero-order valence-corrected chi connectivity index (χ0v) is 18.0.